The van der Waals surface area contributed by atoms with E-state index in [-0.39, 0.29) is 28.5 Å². The molecule has 0 bridgehead atoms. The van der Waals surface area contributed by atoms with Crippen LogP contribution in [0.5, 0.6) is 0 Å². The smallest absolute Gasteiger partial charge is 0.410 e. The molecule has 12 heteroatoms. The van der Waals surface area contributed by atoms with Gasteiger partial charge in [0.05, 0.1) is 22.4 Å². The second kappa shape index (κ2) is 12.9. The van der Waals surface area contributed by atoms with E-state index in [1.165, 1.54) is 0 Å². The van der Waals surface area contributed by atoms with E-state index in [1.807, 2.05) is 53.7 Å². The predicted molar refractivity (Wildman–Crippen MR) is 181 cm³/mol. The van der Waals surface area contributed by atoms with E-state index in [0.717, 1.165) is 83.2 Å². The Morgan fingerprint density at radius 2 is 1.85 bits per heavy atom. The molecule has 6 rings (SSSR count). The number of thiocarbonyl (C=S) groups is 1. The van der Waals surface area contributed by atoms with Crippen molar-refractivity contribution in [2.75, 3.05) is 42.5 Å². The number of piperidine rings is 2. The average molecular weight is 668 g/mol. The van der Waals surface area contributed by atoms with Gasteiger partial charge in [0.25, 0.3) is 0 Å². The van der Waals surface area contributed by atoms with Crippen molar-refractivity contribution in [2.45, 2.75) is 88.9 Å². The summed E-state index contributed by atoms with van der Waals surface area (Å²) in [6.45, 7) is 10.0. The minimum Gasteiger partial charge on any atom is -0.444 e. The number of aromatic nitrogens is 1. The summed E-state index contributed by atoms with van der Waals surface area (Å²) < 4.78 is 21.4. The first-order valence-electron chi connectivity index (χ1n) is 16.3. The Balaban J connectivity index is 1.08. The number of anilines is 2. The number of nitrogens with two attached hydrogens (primary N) is 1. The van der Waals surface area contributed by atoms with Gasteiger partial charge >= 0.3 is 6.09 Å². The number of pyridine rings is 1. The molecule has 0 radical (unpaired) electrons. The number of nitriles is 1. The van der Waals surface area contributed by atoms with Crippen LogP contribution in [0.25, 0.3) is 0 Å². The third-order valence-corrected chi connectivity index (χ3v) is 10.8. The number of likely N-dealkylation sites (tertiary alicyclic amines) is 2. The number of hydrogen-bond donors (Lipinski definition) is 1. The lowest BCUT2D eigenvalue weighted by atomic mass is 9.73. The third-order valence-electron chi connectivity index (χ3n) is 10.2. The summed E-state index contributed by atoms with van der Waals surface area (Å²) in [6, 6.07) is 9.18. The quantitative estimate of drug-likeness (QED) is 0.364. The van der Waals surface area contributed by atoms with Gasteiger partial charge < -0.3 is 25.2 Å². The molecular weight excluding hydrogens is 625 g/mol. The summed E-state index contributed by atoms with van der Waals surface area (Å²) >= 11 is 12.3. The Bertz CT molecular complexity index is 1520. The Kier molecular flexibility index (Phi) is 9.20. The summed E-state index contributed by atoms with van der Waals surface area (Å²) in [5.41, 5.74) is 8.13. The monoisotopic (exact) mass is 667 g/mol. The van der Waals surface area contributed by atoms with Crippen LogP contribution in [0.15, 0.2) is 30.5 Å². The lowest BCUT2D eigenvalue weighted by Crippen LogP contribution is -2.60. The highest BCUT2D eigenvalue weighted by molar-refractivity contribution is 7.80. The largest absolute Gasteiger partial charge is 0.444 e. The lowest BCUT2D eigenvalue weighted by Gasteiger charge is -2.47. The van der Waals surface area contributed by atoms with Crippen LogP contribution in [0.4, 0.5) is 20.6 Å². The summed E-state index contributed by atoms with van der Waals surface area (Å²) in [7, 11) is 0. The highest BCUT2D eigenvalue weighted by Crippen LogP contribution is 2.49. The molecule has 1 aliphatic carbocycles. The maximum atomic E-state index is 15.9. The maximum absolute atomic E-state index is 15.9. The van der Waals surface area contributed by atoms with Crippen molar-refractivity contribution in [3.63, 3.8) is 0 Å². The van der Waals surface area contributed by atoms with Crippen molar-refractivity contribution in [1.29, 1.82) is 5.26 Å². The lowest BCUT2D eigenvalue weighted by molar-refractivity contribution is 0.0165. The van der Waals surface area contributed by atoms with Crippen LogP contribution in [-0.2, 0) is 4.74 Å². The van der Waals surface area contributed by atoms with Gasteiger partial charge in [-0.2, -0.15) is 5.26 Å². The maximum Gasteiger partial charge on any atom is 0.410 e. The number of hydrogen-bond acceptors (Lipinski definition) is 7. The Morgan fingerprint density at radius 1 is 1.15 bits per heavy atom. The minimum absolute atomic E-state index is 0.142. The number of carbonyl (C=O) groups excluding carboxylic acids is 1. The van der Waals surface area contributed by atoms with Crippen molar-refractivity contribution in [1.82, 2.24) is 14.8 Å². The number of carbonyl (C=O) groups is 1. The topological polar surface area (TPSA) is 102 Å². The molecule has 9 nitrogen and oxygen atoms in total. The highest BCUT2D eigenvalue weighted by Gasteiger charge is 2.58. The second-order valence-electron chi connectivity index (χ2n) is 14.2. The van der Waals surface area contributed by atoms with Crippen molar-refractivity contribution < 1.29 is 13.9 Å². The molecule has 1 aromatic heterocycles. The van der Waals surface area contributed by atoms with E-state index in [4.69, 9.17) is 34.3 Å². The van der Waals surface area contributed by atoms with Crippen LogP contribution in [0, 0.1) is 23.1 Å². The minimum atomic E-state index is -0.479. The van der Waals surface area contributed by atoms with Crippen LogP contribution in [0.2, 0.25) is 5.02 Å². The van der Waals surface area contributed by atoms with Crippen LogP contribution < -0.4 is 15.5 Å². The Morgan fingerprint density at radius 3 is 2.41 bits per heavy atom. The molecule has 1 unspecified atom stereocenters. The van der Waals surface area contributed by atoms with E-state index in [1.54, 1.807) is 18.3 Å². The molecule has 46 heavy (non-hydrogen) atoms. The highest BCUT2D eigenvalue weighted by atomic mass is 35.5. The zero-order valence-corrected chi connectivity index (χ0v) is 28.4. The Labute approximate surface area is 281 Å². The van der Waals surface area contributed by atoms with E-state index in [2.05, 4.69) is 9.88 Å². The number of nitrogens with zero attached hydrogens (tertiary/aromatic N) is 6. The van der Waals surface area contributed by atoms with Gasteiger partial charge in [0, 0.05) is 25.3 Å². The number of benzene rings is 1. The first kappa shape index (κ1) is 32.9. The average Bonchev–Trinajstić information content (AvgIpc) is 3.23. The summed E-state index contributed by atoms with van der Waals surface area (Å²) in [6.07, 6.45) is 7.34. The molecule has 4 fully saturated rings. The van der Waals surface area contributed by atoms with Crippen molar-refractivity contribution in [3.8, 4) is 6.07 Å². The summed E-state index contributed by atoms with van der Waals surface area (Å²) in [5.74, 6) is 0.502. The SMILES string of the molecule is CC(C)(C)OC(=O)N1CCC(CN2CCC(c3ccc(N4C(=S)N(c5cnc(C#N)c(Cl)c5)C(N)C45CCC5)cc3F)CC2)CC1. The third kappa shape index (κ3) is 6.29. The Hall–Kier alpha value is -3.04. The van der Waals surface area contributed by atoms with Gasteiger partial charge in [0.2, 0.25) is 0 Å². The fourth-order valence-electron chi connectivity index (χ4n) is 7.53. The molecule has 4 heterocycles. The van der Waals surface area contributed by atoms with Crippen LogP contribution >= 0.6 is 23.8 Å². The number of amides is 1. The van der Waals surface area contributed by atoms with Crippen molar-refractivity contribution in [3.05, 3.63) is 52.6 Å². The standard InChI is InChI=1S/C34H43ClFN7O2S/c1-33(2,3)45-32(44)41-15-7-22(8-16-41)21-40-13-9-23(10-14-40)26-6-5-24(18-28(26)36)43-31(46)42(30(38)34(43)11-4-12-34)25-17-27(35)29(19-37)39-20-25/h5-6,17-18,20,22-23,30H,4,7-16,21,38H2,1-3H3. The molecule has 2 aromatic rings. The molecule has 1 atom stereocenters. The fraction of sp³-hybridized carbons (Fsp3) is 0.588. The molecule has 4 aliphatic rings. The number of halogens is 2. The van der Waals surface area contributed by atoms with Crippen LogP contribution in [0.3, 0.4) is 0 Å². The van der Waals surface area contributed by atoms with Gasteiger partial charge in [-0.15, -0.1) is 0 Å². The van der Waals surface area contributed by atoms with Crippen molar-refractivity contribution in [2.24, 2.45) is 11.7 Å². The zero-order chi connectivity index (χ0) is 32.8. The summed E-state index contributed by atoms with van der Waals surface area (Å²) in [5, 5.41) is 9.97. The first-order valence-corrected chi connectivity index (χ1v) is 17.1. The van der Waals surface area contributed by atoms with E-state index in [9.17, 15) is 10.1 Å². The zero-order valence-electron chi connectivity index (χ0n) is 26.8. The number of ether oxygens (including phenoxy) is 1. The van der Waals surface area contributed by atoms with Gasteiger partial charge in [-0.25, -0.2) is 14.2 Å². The molecule has 1 aromatic carbocycles. The normalized spacial score (nSPS) is 22.7. The second-order valence-corrected chi connectivity index (χ2v) is 15.0. The van der Waals surface area contributed by atoms with Crippen LogP contribution in [0.1, 0.15) is 82.9 Å². The van der Waals surface area contributed by atoms with Gasteiger partial charge in [0.15, 0.2) is 10.8 Å². The van der Waals surface area contributed by atoms with Crippen LogP contribution in [-0.4, -0.2) is 76.0 Å². The molecule has 2 N–H and O–H groups in total. The molecule has 3 aliphatic heterocycles. The van der Waals surface area contributed by atoms with E-state index < -0.39 is 17.3 Å². The van der Waals surface area contributed by atoms with E-state index in [0.29, 0.717) is 22.4 Å². The van der Waals surface area contributed by atoms with Gasteiger partial charge in [-0.05, 0) is 127 Å². The van der Waals surface area contributed by atoms with Gasteiger partial charge in [-0.1, -0.05) is 17.7 Å². The van der Waals surface area contributed by atoms with Gasteiger partial charge in [0.1, 0.15) is 23.7 Å². The van der Waals surface area contributed by atoms with Crippen molar-refractivity contribution >= 4 is 46.4 Å². The van der Waals surface area contributed by atoms with E-state index >= 15 is 4.39 Å². The molecule has 1 amide bonds. The van der Waals surface area contributed by atoms with Gasteiger partial charge in [-0.3, -0.25) is 4.90 Å². The predicted octanol–water partition coefficient (Wildman–Crippen LogP) is 6.39. The summed E-state index contributed by atoms with van der Waals surface area (Å²) in [4.78, 5) is 24.8. The fourth-order valence-corrected chi connectivity index (χ4v) is 8.24. The first-order chi connectivity index (χ1) is 21.9. The molecular formula is C34H43ClFN7O2S. The molecule has 1 spiro atoms. The molecule has 246 valence electrons. The molecule has 1 saturated carbocycles. The number of rotatable bonds is 5. The molecule has 3 saturated heterocycles.